The second-order valence-electron chi connectivity index (χ2n) is 9.55. The van der Waals surface area contributed by atoms with Gasteiger partial charge in [0.15, 0.2) is 0 Å². The number of anilines is 3. The van der Waals surface area contributed by atoms with Crippen LogP contribution < -0.4 is 15.5 Å². The number of thiophene rings is 1. The Balaban J connectivity index is 1.36. The molecule has 0 aliphatic carbocycles. The van der Waals surface area contributed by atoms with Crippen molar-refractivity contribution in [3.8, 4) is 11.3 Å². The molecule has 1 saturated heterocycles. The number of carbonyl (C=O) groups is 3. The summed E-state index contributed by atoms with van der Waals surface area (Å²) in [5.41, 5.74) is 4.42. The van der Waals surface area contributed by atoms with E-state index in [1.54, 1.807) is 28.3 Å². The fraction of sp³-hybridized carbons (Fsp3) is 0.207. The summed E-state index contributed by atoms with van der Waals surface area (Å²) in [6, 6.07) is 12.9. The quantitative estimate of drug-likeness (QED) is 0.337. The first kappa shape index (κ1) is 24.7. The van der Waals surface area contributed by atoms with Crippen LogP contribution >= 0.6 is 11.3 Å². The van der Waals surface area contributed by atoms with Gasteiger partial charge in [0.1, 0.15) is 9.71 Å². The molecule has 1 atom stereocenters. The molecule has 0 spiro atoms. The second kappa shape index (κ2) is 9.95. The molecule has 3 aromatic heterocycles. The predicted molar refractivity (Wildman–Crippen MR) is 152 cm³/mol. The summed E-state index contributed by atoms with van der Waals surface area (Å²) in [6.45, 7) is 6.57. The third-order valence-electron chi connectivity index (χ3n) is 7.16. The number of hydrogen-bond donors (Lipinski definition) is 2. The molecule has 4 amide bonds. The van der Waals surface area contributed by atoms with Crippen LogP contribution in [-0.2, 0) is 4.79 Å². The second-order valence-corrected chi connectivity index (χ2v) is 10.6. The van der Waals surface area contributed by atoms with Gasteiger partial charge in [0.2, 0.25) is 5.91 Å². The summed E-state index contributed by atoms with van der Waals surface area (Å²) in [5, 5.41) is 6.74. The molecule has 2 aliphatic rings. The van der Waals surface area contributed by atoms with E-state index in [4.69, 9.17) is 0 Å². The Morgan fingerprint density at radius 3 is 2.69 bits per heavy atom. The topological polar surface area (TPSA) is 108 Å². The van der Waals surface area contributed by atoms with Gasteiger partial charge in [-0.3, -0.25) is 19.5 Å². The summed E-state index contributed by atoms with van der Waals surface area (Å²) in [6.07, 6.45) is 6.20. The van der Waals surface area contributed by atoms with E-state index in [-0.39, 0.29) is 23.9 Å². The van der Waals surface area contributed by atoms with Crippen LogP contribution in [0, 0.1) is 6.92 Å². The highest BCUT2D eigenvalue weighted by molar-refractivity contribution is 7.21. The number of urea groups is 1. The Hall–Kier alpha value is -4.57. The molecular weight excluding hydrogens is 512 g/mol. The van der Waals surface area contributed by atoms with E-state index in [9.17, 15) is 14.4 Å². The van der Waals surface area contributed by atoms with E-state index in [2.05, 4.69) is 27.2 Å². The smallest absolute Gasteiger partial charge is 0.331 e. The highest BCUT2D eigenvalue weighted by Gasteiger charge is 2.34. The Morgan fingerprint density at radius 2 is 1.90 bits per heavy atom. The Morgan fingerprint density at radius 1 is 1.13 bits per heavy atom. The first-order chi connectivity index (χ1) is 19.0. The molecule has 0 radical (unpaired) electrons. The lowest BCUT2D eigenvalue weighted by Crippen LogP contribution is -2.49. The van der Waals surface area contributed by atoms with Crippen LogP contribution in [0.2, 0.25) is 0 Å². The fourth-order valence-electron chi connectivity index (χ4n) is 5.31. The zero-order chi connectivity index (χ0) is 27.1. The molecular formula is C29H26N6O3S. The summed E-state index contributed by atoms with van der Waals surface area (Å²) < 4.78 is 0. The van der Waals surface area contributed by atoms with Crippen LogP contribution in [0.4, 0.5) is 21.9 Å². The Labute approximate surface area is 229 Å². The zero-order valence-corrected chi connectivity index (χ0v) is 22.1. The summed E-state index contributed by atoms with van der Waals surface area (Å²) >= 11 is 1.24. The Kier molecular flexibility index (Phi) is 6.32. The molecule has 0 unspecified atom stereocenters. The number of rotatable bonds is 5. The minimum Gasteiger partial charge on any atom is -0.347 e. The van der Waals surface area contributed by atoms with Crippen LogP contribution in [0.3, 0.4) is 0 Å². The van der Waals surface area contributed by atoms with Crippen molar-refractivity contribution in [2.24, 2.45) is 0 Å². The largest absolute Gasteiger partial charge is 0.347 e. The van der Waals surface area contributed by atoms with E-state index in [1.165, 1.54) is 17.4 Å². The van der Waals surface area contributed by atoms with Gasteiger partial charge in [-0.05, 0) is 43.5 Å². The minimum atomic E-state index is -0.365. The highest BCUT2D eigenvalue weighted by atomic mass is 32.1. The number of pyridine rings is 2. The van der Waals surface area contributed by atoms with Gasteiger partial charge in [-0.2, -0.15) is 0 Å². The molecule has 1 fully saturated rings. The van der Waals surface area contributed by atoms with Crippen LogP contribution in [0.5, 0.6) is 0 Å². The number of hydrogen-bond acceptors (Lipinski definition) is 6. The van der Waals surface area contributed by atoms with Crippen LogP contribution in [0.15, 0.2) is 67.5 Å². The van der Waals surface area contributed by atoms with Crippen molar-refractivity contribution in [2.75, 3.05) is 23.3 Å². The number of aromatic nitrogens is 2. The number of amides is 4. The maximum atomic E-state index is 13.6. The third-order valence-corrected chi connectivity index (χ3v) is 8.26. The maximum Gasteiger partial charge on any atom is 0.331 e. The standard InChI is InChI=1S/C29H26N6O3S/c1-3-22(36)34-15-7-10-19(16-34)32-27(37)26-25-23-21(12-14-31-28(23)39-26)35(29(38)33-25)20-11-13-30-24(17(20)2)18-8-5-4-6-9-18/h3-6,8-9,11-14,19H,1,7,10,15-16H2,2H3,(H,32,37)(H,33,38)/t19-/m1/s1. The van der Waals surface area contributed by atoms with Crippen LogP contribution in [-0.4, -0.2) is 51.8 Å². The number of piperidine rings is 1. The van der Waals surface area contributed by atoms with Gasteiger partial charge in [0.25, 0.3) is 5.91 Å². The summed E-state index contributed by atoms with van der Waals surface area (Å²) in [4.78, 5) is 52.5. The van der Waals surface area contributed by atoms with Crippen molar-refractivity contribution in [3.05, 3.63) is 78.0 Å². The van der Waals surface area contributed by atoms with Gasteiger partial charge in [0.05, 0.1) is 28.1 Å². The van der Waals surface area contributed by atoms with E-state index in [1.807, 2.05) is 43.3 Å². The lowest BCUT2D eigenvalue weighted by atomic mass is 10.0. The Bertz CT molecular complexity index is 1630. The maximum absolute atomic E-state index is 13.6. The predicted octanol–water partition coefficient (Wildman–Crippen LogP) is 5.26. The number of nitrogens with one attached hydrogen (secondary N) is 2. The molecule has 196 valence electrons. The SMILES string of the molecule is C=CC(=O)N1CCC[C@@H](NC(=O)c2sc3nccc4c3c2NC(=O)N4c2ccnc(-c3ccccc3)c2C)C1. The van der Waals surface area contributed by atoms with E-state index < -0.39 is 0 Å². The summed E-state index contributed by atoms with van der Waals surface area (Å²) in [5.74, 6) is -0.439. The molecule has 0 saturated carbocycles. The summed E-state index contributed by atoms with van der Waals surface area (Å²) in [7, 11) is 0. The van der Waals surface area contributed by atoms with Crippen molar-refractivity contribution in [1.29, 1.82) is 0 Å². The third kappa shape index (κ3) is 4.32. The number of likely N-dealkylation sites (tertiary alicyclic amines) is 1. The molecule has 9 nitrogen and oxygen atoms in total. The molecule has 6 rings (SSSR count). The molecule has 0 bridgehead atoms. The molecule has 10 heteroatoms. The van der Waals surface area contributed by atoms with Crippen molar-refractivity contribution in [2.45, 2.75) is 25.8 Å². The molecule has 2 N–H and O–H groups in total. The van der Waals surface area contributed by atoms with Gasteiger partial charge >= 0.3 is 6.03 Å². The average Bonchev–Trinajstić information content (AvgIpc) is 3.33. The van der Waals surface area contributed by atoms with E-state index in [0.717, 1.165) is 35.0 Å². The molecule has 4 aromatic rings. The van der Waals surface area contributed by atoms with Crippen molar-refractivity contribution in [1.82, 2.24) is 20.2 Å². The molecule has 5 heterocycles. The first-order valence-corrected chi connectivity index (χ1v) is 13.5. The van der Waals surface area contributed by atoms with E-state index >= 15 is 0 Å². The monoisotopic (exact) mass is 538 g/mol. The molecule has 2 aliphatic heterocycles. The average molecular weight is 539 g/mol. The lowest BCUT2D eigenvalue weighted by molar-refractivity contribution is -0.127. The van der Waals surface area contributed by atoms with Gasteiger partial charge in [0, 0.05) is 37.1 Å². The van der Waals surface area contributed by atoms with Crippen molar-refractivity contribution < 1.29 is 14.4 Å². The normalized spacial score (nSPS) is 16.6. The number of carbonyl (C=O) groups excluding carboxylic acids is 3. The van der Waals surface area contributed by atoms with E-state index in [0.29, 0.717) is 39.9 Å². The van der Waals surface area contributed by atoms with Gasteiger partial charge < -0.3 is 15.5 Å². The fourth-order valence-corrected chi connectivity index (χ4v) is 6.34. The number of nitrogens with zero attached hydrogens (tertiary/aromatic N) is 4. The molecule has 39 heavy (non-hydrogen) atoms. The molecule has 1 aromatic carbocycles. The number of benzene rings is 1. The first-order valence-electron chi connectivity index (χ1n) is 12.7. The lowest BCUT2D eigenvalue weighted by Gasteiger charge is -2.32. The van der Waals surface area contributed by atoms with Crippen molar-refractivity contribution >= 4 is 56.5 Å². The zero-order valence-electron chi connectivity index (χ0n) is 21.3. The van der Waals surface area contributed by atoms with Gasteiger partial charge in [-0.15, -0.1) is 11.3 Å². The van der Waals surface area contributed by atoms with Gasteiger partial charge in [-0.1, -0.05) is 36.9 Å². The van der Waals surface area contributed by atoms with Gasteiger partial charge in [-0.25, -0.2) is 9.78 Å². The highest BCUT2D eigenvalue weighted by Crippen LogP contribution is 2.46. The van der Waals surface area contributed by atoms with Crippen molar-refractivity contribution in [3.63, 3.8) is 0 Å². The van der Waals surface area contributed by atoms with Crippen LogP contribution in [0.25, 0.3) is 21.5 Å². The minimum absolute atomic E-state index is 0.145. The van der Waals surface area contributed by atoms with Crippen LogP contribution in [0.1, 0.15) is 28.1 Å².